The van der Waals surface area contributed by atoms with E-state index in [1.54, 1.807) is 29.2 Å². The zero-order valence-corrected chi connectivity index (χ0v) is 17.6. The van der Waals surface area contributed by atoms with E-state index in [0.29, 0.717) is 11.2 Å². The van der Waals surface area contributed by atoms with Gasteiger partial charge < -0.3 is 20.1 Å². The Morgan fingerprint density at radius 3 is 2.77 bits per heavy atom. The molecule has 0 unspecified atom stereocenters. The Hall–Kier alpha value is -3.13. The van der Waals surface area contributed by atoms with Crippen molar-refractivity contribution < 1.29 is 14.6 Å². The van der Waals surface area contributed by atoms with Crippen molar-refractivity contribution >= 4 is 22.9 Å². The number of carbonyl (C=O) groups is 1. The number of nitrogens with zero attached hydrogens (tertiary/aromatic N) is 4. The van der Waals surface area contributed by atoms with E-state index in [9.17, 15) is 4.79 Å². The Morgan fingerprint density at radius 1 is 1.23 bits per heavy atom. The van der Waals surface area contributed by atoms with Gasteiger partial charge in [-0.15, -0.1) is 0 Å². The fourth-order valence-corrected chi connectivity index (χ4v) is 4.14. The van der Waals surface area contributed by atoms with Gasteiger partial charge in [0, 0.05) is 50.6 Å². The normalized spacial score (nSPS) is 16.6. The van der Waals surface area contributed by atoms with Crippen LogP contribution in [-0.4, -0.2) is 51.4 Å². The van der Waals surface area contributed by atoms with E-state index in [1.807, 2.05) is 0 Å². The van der Waals surface area contributed by atoms with E-state index < -0.39 is 0 Å². The number of hydrogen-bond donors (Lipinski definition) is 2. The van der Waals surface area contributed by atoms with Gasteiger partial charge in [0.1, 0.15) is 16.9 Å². The summed E-state index contributed by atoms with van der Waals surface area (Å²) < 4.78 is 7.73. The number of anilines is 2. The van der Waals surface area contributed by atoms with Crippen molar-refractivity contribution in [3.05, 3.63) is 47.9 Å². The minimum atomic E-state index is -0.223. The summed E-state index contributed by atoms with van der Waals surface area (Å²) in [7, 11) is 1.00. The molecule has 0 radical (unpaired) electrons. The van der Waals surface area contributed by atoms with Gasteiger partial charge >= 0.3 is 0 Å². The molecule has 2 aliphatic heterocycles. The van der Waals surface area contributed by atoms with Gasteiger partial charge in [-0.2, -0.15) is 5.10 Å². The summed E-state index contributed by atoms with van der Waals surface area (Å²) in [6, 6.07) is 5.93. The lowest BCUT2D eigenvalue weighted by Gasteiger charge is -2.23. The summed E-state index contributed by atoms with van der Waals surface area (Å²) in [5.74, 6) is 0.717. The van der Waals surface area contributed by atoms with Crippen molar-refractivity contribution in [3.8, 4) is 5.75 Å². The Kier molecular flexibility index (Phi) is 5.34. The van der Waals surface area contributed by atoms with Crippen LogP contribution in [0.4, 0.5) is 11.4 Å². The second kappa shape index (κ2) is 7.95. The SMILES string of the molecule is CC1(C)Cc2cc(NC(=O)c3cnn4cccnc34)c(N3CCCC3)cc2O1.CO. The van der Waals surface area contributed by atoms with E-state index >= 15 is 0 Å². The molecule has 2 N–H and O–H groups in total. The lowest BCUT2D eigenvalue weighted by molar-refractivity contribution is 0.102. The summed E-state index contributed by atoms with van der Waals surface area (Å²) >= 11 is 0. The van der Waals surface area contributed by atoms with E-state index in [2.05, 4.69) is 46.3 Å². The Morgan fingerprint density at radius 2 is 2.00 bits per heavy atom. The summed E-state index contributed by atoms with van der Waals surface area (Å²) in [6.07, 6.45) is 8.15. The third-order valence-electron chi connectivity index (χ3n) is 5.40. The molecule has 8 nitrogen and oxygen atoms in total. The van der Waals surface area contributed by atoms with Gasteiger partial charge in [-0.1, -0.05) is 0 Å². The largest absolute Gasteiger partial charge is 0.487 e. The van der Waals surface area contributed by atoms with Gasteiger partial charge in [-0.25, -0.2) is 9.50 Å². The first-order valence-electron chi connectivity index (χ1n) is 10.2. The molecule has 1 saturated heterocycles. The molecule has 30 heavy (non-hydrogen) atoms. The number of aliphatic hydroxyl groups excluding tert-OH is 1. The predicted molar refractivity (Wildman–Crippen MR) is 115 cm³/mol. The molecule has 0 atom stereocenters. The van der Waals surface area contributed by atoms with Crippen LogP contribution in [0.3, 0.4) is 0 Å². The quantitative estimate of drug-likeness (QED) is 0.691. The Balaban J connectivity index is 0.00000106. The van der Waals surface area contributed by atoms with Crippen molar-refractivity contribution in [2.45, 2.75) is 38.7 Å². The van der Waals surface area contributed by atoms with Gasteiger partial charge in [0.25, 0.3) is 5.91 Å². The molecular formula is C22H27N5O3. The molecule has 8 heteroatoms. The van der Waals surface area contributed by atoms with Gasteiger partial charge in [0.15, 0.2) is 5.65 Å². The summed E-state index contributed by atoms with van der Waals surface area (Å²) in [5.41, 5.74) is 3.76. The zero-order chi connectivity index (χ0) is 21.3. The van der Waals surface area contributed by atoms with Crippen LogP contribution in [0.25, 0.3) is 5.65 Å². The van der Waals surface area contributed by atoms with Crippen LogP contribution >= 0.6 is 0 Å². The van der Waals surface area contributed by atoms with Crippen LogP contribution in [0.1, 0.15) is 42.6 Å². The monoisotopic (exact) mass is 409 g/mol. The molecule has 5 rings (SSSR count). The molecule has 1 fully saturated rings. The van der Waals surface area contributed by atoms with E-state index in [0.717, 1.165) is 62.1 Å². The molecule has 0 bridgehead atoms. The Labute approximate surface area is 175 Å². The second-order valence-electron chi connectivity index (χ2n) is 8.11. The third kappa shape index (κ3) is 3.70. The maximum Gasteiger partial charge on any atom is 0.261 e. The van der Waals surface area contributed by atoms with Crippen LogP contribution in [0.2, 0.25) is 0 Å². The molecule has 158 valence electrons. The first kappa shape index (κ1) is 20.2. The maximum absolute atomic E-state index is 13.0. The smallest absolute Gasteiger partial charge is 0.261 e. The number of amides is 1. The predicted octanol–water partition coefficient (Wildman–Crippen LogP) is 2.90. The second-order valence-corrected chi connectivity index (χ2v) is 8.11. The molecule has 4 heterocycles. The van der Waals surface area contributed by atoms with E-state index in [-0.39, 0.29) is 11.5 Å². The number of fused-ring (bicyclic) bond motifs is 2. The average Bonchev–Trinajstić information content (AvgIpc) is 3.46. The van der Waals surface area contributed by atoms with Crippen molar-refractivity contribution in [1.82, 2.24) is 14.6 Å². The summed E-state index contributed by atoms with van der Waals surface area (Å²) in [4.78, 5) is 19.6. The number of hydrogen-bond acceptors (Lipinski definition) is 6. The van der Waals surface area contributed by atoms with Gasteiger partial charge in [0.05, 0.1) is 17.6 Å². The number of aromatic nitrogens is 3. The van der Waals surface area contributed by atoms with Gasteiger partial charge in [0.2, 0.25) is 0 Å². The maximum atomic E-state index is 13.0. The van der Waals surface area contributed by atoms with Crippen LogP contribution < -0.4 is 15.0 Å². The fraction of sp³-hybridized carbons (Fsp3) is 0.409. The van der Waals surface area contributed by atoms with E-state index in [4.69, 9.17) is 9.84 Å². The van der Waals surface area contributed by atoms with Crippen molar-refractivity contribution in [1.29, 1.82) is 0 Å². The lowest BCUT2D eigenvalue weighted by atomic mass is 10.0. The highest BCUT2D eigenvalue weighted by Gasteiger charge is 2.32. The van der Waals surface area contributed by atoms with Crippen molar-refractivity contribution in [3.63, 3.8) is 0 Å². The minimum absolute atomic E-state index is 0.202. The van der Waals surface area contributed by atoms with Gasteiger partial charge in [-0.05, 0) is 38.8 Å². The number of benzene rings is 1. The average molecular weight is 409 g/mol. The summed E-state index contributed by atoms with van der Waals surface area (Å²) in [6.45, 7) is 6.16. The molecule has 2 aromatic heterocycles. The van der Waals surface area contributed by atoms with Crippen LogP contribution in [0.15, 0.2) is 36.8 Å². The molecule has 0 saturated carbocycles. The molecule has 0 aliphatic carbocycles. The molecule has 3 aromatic rings. The van der Waals surface area contributed by atoms with Crippen LogP contribution in [-0.2, 0) is 6.42 Å². The number of nitrogens with one attached hydrogen (secondary N) is 1. The van der Waals surface area contributed by atoms with Crippen LogP contribution in [0, 0.1) is 0 Å². The van der Waals surface area contributed by atoms with E-state index in [1.165, 1.54) is 0 Å². The number of rotatable bonds is 3. The molecule has 1 amide bonds. The minimum Gasteiger partial charge on any atom is -0.487 e. The lowest BCUT2D eigenvalue weighted by Crippen LogP contribution is -2.24. The highest BCUT2D eigenvalue weighted by atomic mass is 16.5. The van der Waals surface area contributed by atoms with Crippen LogP contribution in [0.5, 0.6) is 5.75 Å². The standard InChI is InChI=1S/C21H23N5O2.CH4O/c1-21(2)12-14-10-16(17(11-18(14)28-21)25-7-3-4-8-25)24-20(27)15-13-23-26-9-5-6-22-19(15)26;1-2/h5-6,9-11,13H,3-4,7-8,12H2,1-2H3,(H,24,27);2H,1H3. The zero-order valence-electron chi connectivity index (χ0n) is 17.6. The third-order valence-corrected chi connectivity index (χ3v) is 5.40. The topological polar surface area (TPSA) is 92.0 Å². The number of aliphatic hydroxyl groups is 1. The molecule has 0 spiro atoms. The highest BCUT2D eigenvalue weighted by Crippen LogP contribution is 2.42. The molecule has 2 aliphatic rings. The number of carbonyl (C=O) groups excluding carboxylic acids is 1. The first-order valence-corrected chi connectivity index (χ1v) is 10.2. The number of ether oxygens (including phenoxy) is 1. The molecular weight excluding hydrogens is 382 g/mol. The Bertz CT molecular complexity index is 1070. The summed E-state index contributed by atoms with van der Waals surface area (Å²) in [5, 5.41) is 14.3. The van der Waals surface area contributed by atoms with Crippen molar-refractivity contribution in [2.24, 2.45) is 0 Å². The first-order chi connectivity index (χ1) is 14.5. The highest BCUT2D eigenvalue weighted by molar-refractivity contribution is 6.09. The molecule has 1 aromatic carbocycles. The van der Waals surface area contributed by atoms with Crippen molar-refractivity contribution in [2.75, 3.05) is 30.4 Å². The fourth-order valence-electron chi connectivity index (χ4n) is 4.14. The van der Waals surface area contributed by atoms with Gasteiger partial charge in [-0.3, -0.25) is 4.79 Å².